The summed E-state index contributed by atoms with van der Waals surface area (Å²) < 4.78 is 0. The number of nitrogens with one attached hydrogen (secondary N) is 1. The standard InChI is InChI=1S/C18H37N5O/c1-6-8-13-22(5)18(19-7-2)20-12-10-15-23-14-9-11-16(23)17(24)21(3)4/h16H,6-15H2,1-5H3,(H,19,20). The Kier molecular flexibility index (Phi) is 9.76. The van der Waals surface area contributed by atoms with Crippen LogP contribution in [0.5, 0.6) is 0 Å². The molecule has 0 aromatic carbocycles. The number of rotatable bonds is 9. The van der Waals surface area contributed by atoms with Crippen LogP contribution in [0, 0.1) is 0 Å². The second kappa shape index (κ2) is 11.3. The summed E-state index contributed by atoms with van der Waals surface area (Å²) in [6.07, 6.45) is 5.48. The van der Waals surface area contributed by atoms with Crippen LogP contribution >= 0.6 is 0 Å². The van der Waals surface area contributed by atoms with Gasteiger partial charge < -0.3 is 15.1 Å². The predicted octanol–water partition coefficient (Wildman–Crippen LogP) is 1.63. The van der Waals surface area contributed by atoms with Gasteiger partial charge in [-0.3, -0.25) is 14.7 Å². The molecular weight excluding hydrogens is 302 g/mol. The van der Waals surface area contributed by atoms with Gasteiger partial charge in [0.2, 0.25) is 5.91 Å². The van der Waals surface area contributed by atoms with Crippen molar-refractivity contribution in [2.24, 2.45) is 4.99 Å². The number of likely N-dealkylation sites (tertiary alicyclic amines) is 1. The van der Waals surface area contributed by atoms with Gasteiger partial charge in [-0.15, -0.1) is 0 Å². The van der Waals surface area contributed by atoms with Crippen molar-refractivity contribution in [1.29, 1.82) is 0 Å². The Balaban J connectivity index is 2.44. The first-order valence-electron chi connectivity index (χ1n) is 9.45. The van der Waals surface area contributed by atoms with Gasteiger partial charge in [-0.1, -0.05) is 13.3 Å². The van der Waals surface area contributed by atoms with Crippen LogP contribution in [-0.4, -0.2) is 86.5 Å². The van der Waals surface area contributed by atoms with Crippen molar-refractivity contribution < 1.29 is 4.79 Å². The third-order valence-electron chi connectivity index (χ3n) is 4.50. The zero-order valence-electron chi connectivity index (χ0n) is 16.3. The van der Waals surface area contributed by atoms with E-state index in [1.807, 2.05) is 14.1 Å². The highest BCUT2D eigenvalue weighted by atomic mass is 16.2. The van der Waals surface area contributed by atoms with Crippen molar-refractivity contribution in [3.05, 3.63) is 0 Å². The van der Waals surface area contributed by atoms with Crippen LogP contribution in [0.2, 0.25) is 0 Å². The number of hydrogen-bond donors (Lipinski definition) is 1. The summed E-state index contributed by atoms with van der Waals surface area (Å²) in [7, 11) is 5.79. The van der Waals surface area contributed by atoms with E-state index in [1.165, 1.54) is 12.8 Å². The summed E-state index contributed by atoms with van der Waals surface area (Å²) in [5.74, 6) is 1.23. The van der Waals surface area contributed by atoms with Crippen LogP contribution in [0.15, 0.2) is 4.99 Å². The molecule has 0 saturated carbocycles. The fourth-order valence-electron chi connectivity index (χ4n) is 3.10. The SMILES string of the molecule is CCCCN(C)C(=NCCCN1CCCC1C(=O)N(C)C)NCC. The number of nitrogens with zero attached hydrogens (tertiary/aromatic N) is 4. The fraction of sp³-hybridized carbons (Fsp3) is 0.889. The molecule has 1 saturated heterocycles. The molecule has 1 aliphatic heterocycles. The second-order valence-electron chi connectivity index (χ2n) is 6.79. The summed E-state index contributed by atoms with van der Waals surface area (Å²) in [5, 5.41) is 3.36. The smallest absolute Gasteiger partial charge is 0.239 e. The zero-order valence-corrected chi connectivity index (χ0v) is 16.3. The van der Waals surface area contributed by atoms with Crippen molar-refractivity contribution in [2.75, 3.05) is 53.9 Å². The van der Waals surface area contributed by atoms with Crippen LogP contribution in [-0.2, 0) is 4.79 Å². The van der Waals surface area contributed by atoms with E-state index in [0.29, 0.717) is 0 Å². The number of hydrogen-bond acceptors (Lipinski definition) is 3. The first kappa shape index (κ1) is 20.7. The lowest BCUT2D eigenvalue weighted by molar-refractivity contribution is -0.133. The molecule has 1 heterocycles. The first-order valence-corrected chi connectivity index (χ1v) is 9.45. The minimum atomic E-state index is 0.0736. The monoisotopic (exact) mass is 339 g/mol. The Bertz CT molecular complexity index is 397. The van der Waals surface area contributed by atoms with Gasteiger partial charge in [0, 0.05) is 47.3 Å². The number of unbranched alkanes of at least 4 members (excludes halogenated alkanes) is 1. The number of aliphatic imine (C=N–C) groups is 1. The molecular formula is C18H37N5O. The topological polar surface area (TPSA) is 51.2 Å². The third kappa shape index (κ3) is 6.67. The summed E-state index contributed by atoms with van der Waals surface area (Å²) in [6, 6.07) is 0.0736. The van der Waals surface area contributed by atoms with Crippen LogP contribution in [0.4, 0.5) is 0 Å². The molecule has 0 bridgehead atoms. The van der Waals surface area contributed by atoms with E-state index >= 15 is 0 Å². The van der Waals surface area contributed by atoms with Crippen LogP contribution < -0.4 is 5.32 Å². The molecule has 6 heteroatoms. The normalized spacial score (nSPS) is 18.7. The molecule has 6 nitrogen and oxygen atoms in total. The van der Waals surface area contributed by atoms with Crippen molar-refractivity contribution in [1.82, 2.24) is 20.0 Å². The van der Waals surface area contributed by atoms with Gasteiger partial charge in [0.1, 0.15) is 0 Å². The van der Waals surface area contributed by atoms with Crippen LogP contribution in [0.3, 0.4) is 0 Å². The highest BCUT2D eigenvalue weighted by Crippen LogP contribution is 2.18. The number of likely N-dealkylation sites (N-methyl/N-ethyl adjacent to an activating group) is 1. The Labute approximate surface area is 148 Å². The summed E-state index contributed by atoms with van der Waals surface area (Å²) >= 11 is 0. The summed E-state index contributed by atoms with van der Waals surface area (Å²) in [5.41, 5.74) is 0. The van der Waals surface area contributed by atoms with Crippen LogP contribution in [0.25, 0.3) is 0 Å². The molecule has 1 fully saturated rings. The Morgan fingerprint density at radius 2 is 2.00 bits per heavy atom. The number of guanidine groups is 1. The van der Waals surface area contributed by atoms with E-state index in [9.17, 15) is 4.79 Å². The first-order chi connectivity index (χ1) is 11.5. The number of carbonyl (C=O) groups excluding carboxylic acids is 1. The van der Waals surface area contributed by atoms with E-state index in [-0.39, 0.29) is 11.9 Å². The molecule has 1 atom stereocenters. The molecule has 1 rings (SSSR count). The van der Waals surface area contributed by atoms with E-state index in [0.717, 1.165) is 57.9 Å². The summed E-state index contributed by atoms with van der Waals surface area (Å²) in [6.45, 7) is 9.02. The molecule has 0 aromatic heterocycles. The Morgan fingerprint density at radius 1 is 1.25 bits per heavy atom. The molecule has 0 radical (unpaired) electrons. The number of amides is 1. The van der Waals surface area contributed by atoms with E-state index in [2.05, 4.69) is 36.0 Å². The largest absolute Gasteiger partial charge is 0.357 e. The van der Waals surface area contributed by atoms with E-state index in [4.69, 9.17) is 4.99 Å². The minimum absolute atomic E-state index is 0.0736. The Hall–Kier alpha value is -1.30. The maximum atomic E-state index is 12.2. The fourth-order valence-corrected chi connectivity index (χ4v) is 3.10. The molecule has 1 amide bonds. The van der Waals surface area contributed by atoms with Crippen LogP contribution in [0.1, 0.15) is 46.0 Å². The number of carbonyl (C=O) groups is 1. The lowest BCUT2D eigenvalue weighted by Crippen LogP contribution is -2.43. The molecule has 1 unspecified atom stereocenters. The maximum absolute atomic E-state index is 12.2. The van der Waals surface area contributed by atoms with Crippen molar-refractivity contribution in [2.45, 2.75) is 52.0 Å². The summed E-state index contributed by atoms with van der Waals surface area (Å²) in [4.78, 5) is 23.2. The van der Waals surface area contributed by atoms with Gasteiger partial charge in [-0.2, -0.15) is 0 Å². The molecule has 0 spiro atoms. The van der Waals surface area contributed by atoms with E-state index in [1.54, 1.807) is 4.90 Å². The van der Waals surface area contributed by atoms with Crippen molar-refractivity contribution >= 4 is 11.9 Å². The quantitative estimate of drug-likeness (QED) is 0.394. The Morgan fingerprint density at radius 3 is 2.62 bits per heavy atom. The van der Waals surface area contributed by atoms with Crippen molar-refractivity contribution in [3.8, 4) is 0 Å². The molecule has 140 valence electrons. The lowest BCUT2D eigenvalue weighted by Gasteiger charge is -2.26. The van der Waals surface area contributed by atoms with Gasteiger partial charge in [-0.05, 0) is 39.2 Å². The maximum Gasteiger partial charge on any atom is 0.239 e. The lowest BCUT2D eigenvalue weighted by atomic mass is 10.2. The zero-order chi connectivity index (χ0) is 17.9. The van der Waals surface area contributed by atoms with Gasteiger partial charge >= 0.3 is 0 Å². The van der Waals surface area contributed by atoms with Crippen molar-refractivity contribution in [3.63, 3.8) is 0 Å². The molecule has 24 heavy (non-hydrogen) atoms. The minimum Gasteiger partial charge on any atom is -0.357 e. The third-order valence-corrected chi connectivity index (χ3v) is 4.50. The average molecular weight is 340 g/mol. The predicted molar refractivity (Wildman–Crippen MR) is 101 cm³/mol. The average Bonchev–Trinajstić information content (AvgIpc) is 3.02. The second-order valence-corrected chi connectivity index (χ2v) is 6.79. The highest BCUT2D eigenvalue weighted by Gasteiger charge is 2.30. The van der Waals surface area contributed by atoms with Gasteiger partial charge in [0.25, 0.3) is 0 Å². The van der Waals surface area contributed by atoms with Gasteiger partial charge in [0.05, 0.1) is 6.04 Å². The molecule has 0 aromatic rings. The highest BCUT2D eigenvalue weighted by molar-refractivity contribution is 5.81. The molecule has 1 aliphatic rings. The molecule has 1 N–H and O–H groups in total. The van der Waals surface area contributed by atoms with Gasteiger partial charge in [0.15, 0.2) is 5.96 Å². The van der Waals surface area contributed by atoms with E-state index < -0.39 is 0 Å². The molecule has 0 aliphatic carbocycles. The van der Waals surface area contributed by atoms with Gasteiger partial charge in [-0.25, -0.2) is 0 Å².